The maximum absolute atomic E-state index is 12.8. The van der Waals surface area contributed by atoms with Crippen molar-refractivity contribution >= 4 is 15.9 Å². The van der Waals surface area contributed by atoms with E-state index in [0.29, 0.717) is 10.4 Å². The van der Waals surface area contributed by atoms with Gasteiger partial charge in [0.05, 0.1) is 17.7 Å². The van der Waals surface area contributed by atoms with E-state index in [1.807, 2.05) is 12.1 Å². The van der Waals surface area contributed by atoms with Crippen molar-refractivity contribution in [3.05, 3.63) is 34.1 Å². The summed E-state index contributed by atoms with van der Waals surface area (Å²) in [7, 11) is 0. The minimum absolute atomic E-state index is 0.209. The van der Waals surface area contributed by atoms with Gasteiger partial charge in [0.15, 0.2) is 0 Å². The van der Waals surface area contributed by atoms with Gasteiger partial charge in [0, 0.05) is 5.92 Å². The molecule has 0 N–H and O–H groups in total. The molecule has 3 heteroatoms. The van der Waals surface area contributed by atoms with Crippen LogP contribution in [0.5, 0.6) is 0 Å². The van der Waals surface area contributed by atoms with Crippen LogP contribution in [-0.4, -0.2) is 13.2 Å². The van der Waals surface area contributed by atoms with Crippen molar-refractivity contribution in [1.29, 1.82) is 0 Å². The fourth-order valence-corrected chi connectivity index (χ4v) is 1.59. The lowest BCUT2D eigenvalue weighted by molar-refractivity contribution is 0.00837. The Hall–Kier alpha value is -0.410. The van der Waals surface area contributed by atoms with Crippen molar-refractivity contribution < 1.29 is 9.13 Å². The van der Waals surface area contributed by atoms with Gasteiger partial charge in [-0.15, -0.1) is 0 Å². The average molecular weight is 231 g/mol. The highest BCUT2D eigenvalue weighted by molar-refractivity contribution is 9.10. The summed E-state index contributed by atoms with van der Waals surface area (Å²) >= 11 is 3.15. The van der Waals surface area contributed by atoms with Gasteiger partial charge < -0.3 is 4.74 Å². The first-order valence-electron chi connectivity index (χ1n) is 3.80. The summed E-state index contributed by atoms with van der Waals surface area (Å²) in [6, 6.07) is 5.12. The standard InChI is InChI=1S/C9H8BrFO/c10-8-3-6(1-2-9(8)11)7-4-12-5-7/h1-3,7H,4-5H2. The van der Waals surface area contributed by atoms with E-state index in [-0.39, 0.29) is 5.82 Å². The van der Waals surface area contributed by atoms with Gasteiger partial charge in [0.1, 0.15) is 5.82 Å². The summed E-state index contributed by atoms with van der Waals surface area (Å²) in [5.41, 5.74) is 1.15. The summed E-state index contributed by atoms with van der Waals surface area (Å²) in [6.07, 6.45) is 0. The van der Waals surface area contributed by atoms with Gasteiger partial charge in [-0.05, 0) is 33.6 Å². The van der Waals surface area contributed by atoms with Gasteiger partial charge in [-0.1, -0.05) is 6.07 Å². The fourth-order valence-electron chi connectivity index (χ4n) is 1.19. The van der Waals surface area contributed by atoms with E-state index in [9.17, 15) is 4.39 Å². The Morgan fingerprint density at radius 2 is 2.17 bits per heavy atom. The second-order valence-electron chi connectivity index (χ2n) is 2.91. The summed E-state index contributed by atoms with van der Waals surface area (Å²) in [6.45, 7) is 1.52. The van der Waals surface area contributed by atoms with Crippen LogP contribution in [0.3, 0.4) is 0 Å². The lowest BCUT2D eigenvalue weighted by Gasteiger charge is -2.26. The highest BCUT2D eigenvalue weighted by Gasteiger charge is 2.20. The van der Waals surface area contributed by atoms with Crippen LogP contribution in [0, 0.1) is 5.82 Å². The summed E-state index contributed by atoms with van der Waals surface area (Å²) in [4.78, 5) is 0. The summed E-state index contributed by atoms with van der Waals surface area (Å²) in [5.74, 6) is 0.251. The normalized spacial score (nSPS) is 17.5. The first kappa shape index (κ1) is 8.20. The van der Waals surface area contributed by atoms with E-state index in [1.54, 1.807) is 0 Å². The molecule has 1 fully saturated rings. The van der Waals surface area contributed by atoms with Gasteiger partial charge in [-0.3, -0.25) is 0 Å². The van der Waals surface area contributed by atoms with E-state index >= 15 is 0 Å². The monoisotopic (exact) mass is 230 g/mol. The molecule has 1 aromatic rings. The molecular weight excluding hydrogens is 223 g/mol. The van der Waals surface area contributed by atoms with Crippen LogP contribution >= 0.6 is 15.9 Å². The Bertz CT molecular complexity index is 297. The van der Waals surface area contributed by atoms with Gasteiger partial charge in [-0.25, -0.2) is 4.39 Å². The Balaban J connectivity index is 2.27. The van der Waals surface area contributed by atoms with E-state index in [2.05, 4.69) is 15.9 Å². The van der Waals surface area contributed by atoms with Gasteiger partial charge in [-0.2, -0.15) is 0 Å². The molecule has 0 aliphatic carbocycles. The van der Waals surface area contributed by atoms with Crippen LogP contribution in [0.15, 0.2) is 22.7 Å². The highest BCUT2D eigenvalue weighted by Crippen LogP contribution is 2.27. The van der Waals surface area contributed by atoms with E-state index in [0.717, 1.165) is 18.8 Å². The quantitative estimate of drug-likeness (QED) is 0.721. The number of halogens is 2. The first-order chi connectivity index (χ1) is 5.77. The topological polar surface area (TPSA) is 9.23 Å². The largest absolute Gasteiger partial charge is 0.380 e. The molecular formula is C9H8BrFO. The molecule has 0 unspecified atom stereocenters. The van der Waals surface area contributed by atoms with Crippen molar-refractivity contribution in [2.45, 2.75) is 5.92 Å². The maximum Gasteiger partial charge on any atom is 0.137 e. The van der Waals surface area contributed by atoms with Gasteiger partial charge in [0.25, 0.3) is 0 Å². The number of rotatable bonds is 1. The molecule has 0 radical (unpaired) electrons. The SMILES string of the molecule is Fc1ccc(C2COC2)cc1Br. The van der Waals surface area contributed by atoms with Gasteiger partial charge in [0.2, 0.25) is 0 Å². The predicted molar refractivity (Wildman–Crippen MR) is 47.7 cm³/mol. The molecule has 1 nitrogen and oxygen atoms in total. The van der Waals surface area contributed by atoms with Crippen molar-refractivity contribution in [1.82, 2.24) is 0 Å². The lowest BCUT2D eigenvalue weighted by Crippen LogP contribution is -2.24. The molecule has 0 amide bonds. The predicted octanol–water partition coefficient (Wildman–Crippen LogP) is 2.70. The number of benzene rings is 1. The third kappa shape index (κ3) is 1.39. The van der Waals surface area contributed by atoms with Crippen LogP contribution < -0.4 is 0 Å². The summed E-state index contributed by atoms with van der Waals surface area (Å²) < 4.78 is 18.4. The molecule has 1 saturated heterocycles. The van der Waals surface area contributed by atoms with Crippen molar-refractivity contribution in [2.24, 2.45) is 0 Å². The van der Waals surface area contributed by atoms with E-state index in [1.165, 1.54) is 6.07 Å². The lowest BCUT2D eigenvalue weighted by atomic mass is 9.98. The Labute approximate surface area is 78.7 Å². The highest BCUT2D eigenvalue weighted by atomic mass is 79.9. The van der Waals surface area contributed by atoms with E-state index < -0.39 is 0 Å². The Morgan fingerprint density at radius 1 is 1.42 bits per heavy atom. The van der Waals surface area contributed by atoms with Crippen LogP contribution in [0.1, 0.15) is 11.5 Å². The minimum Gasteiger partial charge on any atom is -0.380 e. The minimum atomic E-state index is -0.209. The van der Waals surface area contributed by atoms with Crippen molar-refractivity contribution in [3.8, 4) is 0 Å². The zero-order valence-corrected chi connectivity index (χ0v) is 7.97. The molecule has 1 aliphatic heterocycles. The van der Waals surface area contributed by atoms with Crippen LogP contribution in [0.25, 0.3) is 0 Å². The second-order valence-corrected chi connectivity index (χ2v) is 3.76. The fraction of sp³-hybridized carbons (Fsp3) is 0.333. The van der Waals surface area contributed by atoms with Crippen LogP contribution in [0.4, 0.5) is 4.39 Å². The van der Waals surface area contributed by atoms with E-state index in [4.69, 9.17) is 4.74 Å². The van der Waals surface area contributed by atoms with Crippen molar-refractivity contribution in [2.75, 3.05) is 13.2 Å². The Kier molecular flexibility index (Phi) is 2.15. The molecule has 1 aliphatic rings. The molecule has 1 aromatic carbocycles. The third-order valence-corrected chi connectivity index (χ3v) is 2.66. The smallest absolute Gasteiger partial charge is 0.137 e. The third-order valence-electron chi connectivity index (χ3n) is 2.05. The van der Waals surface area contributed by atoms with Gasteiger partial charge >= 0.3 is 0 Å². The molecule has 12 heavy (non-hydrogen) atoms. The molecule has 1 heterocycles. The molecule has 64 valence electrons. The number of hydrogen-bond donors (Lipinski definition) is 0. The summed E-state index contributed by atoms with van der Waals surface area (Å²) in [5, 5.41) is 0. The molecule has 0 spiro atoms. The zero-order valence-electron chi connectivity index (χ0n) is 6.39. The first-order valence-corrected chi connectivity index (χ1v) is 4.59. The maximum atomic E-state index is 12.8. The molecule has 0 bridgehead atoms. The van der Waals surface area contributed by atoms with Crippen LogP contribution in [-0.2, 0) is 4.74 Å². The Morgan fingerprint density at radius 3 is 2.67 bits per heavy atom. The number of ether oxygens (including phenoxy) is 1. The molecule has 2 rings (SSSR count). The van der Waals surface area contributed by atoms with Crippen molar-refractivity contribution in [3.63, 3.8) is 0 Å². The molecule has 0 saturated carbocycles. The van der Waals surface area contributed by atoms with Crippen LogP contribution in [0.2, 0.25) is 0 Å². The molecule has 0 aromatic heterocycles. The molecule has 0 atom stereocenters. The number of hydrogen-bond acceptors (Lipinski definition) is 1. The zero-order chi connectivity index (χ0) is 8.55. The second kappa shape index (κ2) is 3.15. The average Bonchev–Trinajstić information content (AvgIpc) is 1.93.